The average Bonchev–Trinajstić information content (AvgIpc) is 2.94. The summed E-state index contributed by atoms with van der Waals surface area (Å²) in [5.41, 5.74) is 0.889. The van der Waals surface area contributed by atoms with E-state index >= 15 is 0 Å². The molecule has 2 unspecified atom stereocenters. The quantitative estimate of drug-likeness (QED) is 0.918. The summed E-state index contributed by atoms with van der Waals surface area (Å²) in [4.78, 5) is 2.75. The van der Waals surface area contributed by atoms with Gasteiger partial charge in [0.2, 0.25) is 0 Å². The normalized spacial score (nSPS) is 26.6. The minimum atomic E-state index is -3.16. The van der Waals surface area contributed by atoms with Gasteiger partial charge in [-0.05, 0) is 43.5 Å². The lowest BCUT2D eigenvalue weighted by atomic mass is 9.88. The number of benzene rings is 1. The molecule has 0 aromatic heterocycles. The van der Waals surface area contributed by atoms with Crippen molar-refractivity contribution in [2.75, 3.05) is 36.8 Å². The molecule has 0 amide bonds. The molecule has 0 bridgehead atoms. The number of hydrogen-bond donors (Lipinski definition) is 1. The Morgan fingerprint density at radius 2 is 2.00 bits per heavy atom. The Morgan fingerprint density at radius 1 is 1.25 bits per heavy atom. The molecule has 2 heterocycles. The van der Waals surface area contributed by atoms with Gasteiger partial charge in [-0.3, -0.25) is 0 Å². The molecule has 110 valence electrons. The van der Waals surface area contributed by atoms with Gasteiger partial charge < -0.3 is 10.2 Å². The summed E-state index contributed by atoms with van der Waals surface area (Å²) in [7, 11) is -3.16. The molecule has 3 rings (SSSR count). The van der Waals surface area contributed by atoms with E-state index in [2.05, 4.69) is 10.2 Å². The van der Waals surface area contributed by atoms with Crippen molar-refractivity contribution in [3.63, 3.8) is 0 Å². The van der Waals surface area contributed by atoms with E-state index in [1.807, 2.05) is 18.2 Å². The zero-order valence-corrected chi connectivity index (χ0v) is 12.7. The van der Waals surface area contributed by atoms with Crippen molar-refractivity contribution in [3.8, 4) is 0 Å². The van der Waals surface area contributed by atoms with Crippen molar-refractivity contribution in [3.05, 3.63) is 24.3 Å². The summed E-state index contributed by atoms with van der Waals surface area (Å²) in [5.74, 6) is 1.58. The van der Waals surface area contributed by atoms with E-state index in [1.54, 1.807) is 13.0 Å². The molecular weight excluding hydrogens is 272 g/mol. The fourth-order valence-electron chi connectivity index (χ4n) is 3.39. The Bertz CT molecular complexity index is 585. The maximum atomic E-state index is 12.3. The van der Waals surface area contributed by atoms with Crippen LogP contribution in [0.5, 0.6) is 0 Å². The minimum Gasteiger partial charge on any atom is -0.370 e. The van der Waals surface area contributed by atoms with Crippen molar-refractivity contribution in [1.29, 1.82) is 0 Å². The Kier molecular flexibility index (Phi) is 3.73. The Morgan fingerprint density at radius 3 is 2.80 bits per heavy atom. The number of piperidine rings is 1. The van der Waals surface area contributed by atoms with E-state index < -0.39 is 9.84 Å². The molecule has 0 aliphatic carbocycles. The lowest BCUT2D eigenvalue weighted by Crippen LogP contribution is -2.40. The number of para-hydroxylation sites is 1. The maximum Gasteiger partial charge on any atom is 0.180 e. The Balaban J connectivity index is 1.91. The van der Waals surface area contributed by atoms with E-state index in [9.17, 15) is 8.42 Å². The lowest BCUT2D eigenvalue weighted by Gasteiger charge is -2.36. The van der Waals surface area contributed by atoms with Gasteiger partial charge in [-0.25, -0.2) is 8.42 Å². The van der Waals surface area contributed by atoms with Crippen LogP contribution in [0.1, 0.15) is 13.3 Å². The van der Waals surface area contributed by atoms with Gasteiger partial charge in [-0.1, -0.05) is 19.1 Å². The molecular formula is C15H22N2O2S. The molecule has 2 aliphatic rings. The molecule has 1 aromatic carbocycles. The van der Waals surface area contributed by atoms with E-state index in [0.717, 1.165) is 44.2 Å². The fraction of sp³-hybridized carbons (Fsp3) is 0.600. The summed E-state index contributed by atoms with van der Waals surface area (Å²) in [6.45, 7) is 5.81. The van der Waals surface area contributed by atoms with Gasteiger partial charge in [0.25, 0.3) is 0 Å². The molecule has 1 aromatic rings. The summed E-state index contributed by atoms with van der Waals surface area (Å²) in [6.07, 6.45) is 1.15. The highest BCUT2D eigenvalue weighted by atomic mass is 32.2. The highest BCUT2D eigenvalue weighted by molar-refractivity contribution is 7.91. The molecule has 0 spiro atoms. The topological polar surface area (TPSA) is 49.4 Å². The van der Waals surface area contributed by atoms with E-state index in [-0.39, 0.29) is 5.75 Å². The molecule has 2 fully saturated rings. The zero-order valence-electron chi connectivity index (χ0n) is 11.9. The largest absolute Gasteiger partial charge is 0.370 e. The number of rotatable bonds is 3. The van der Waals surface area contributed by atoms with Gasteiger partial charge in [0, 0.05) is 13.1 Å². The Hall–Kier alpha value is -1.07. The van der Waals surface area contributed by atoms with Crippen molar-refractivity contribution < 1.29 is 8.42 Å². The number of fused-ring (bicyclic) bond motifs is 1. The summed E-state index contributed by atoms with van der Waals surface area (Å²) >= 11 is 0. The van der Waals surface area contributed by atoms with Gasteiger partial charge in [-0.15, -0.1) is 0 Å². The predicted octanol–water partition coefficient (Wildman–Crippen LogP) is 1.53. The first-order valence-electron chi connectivity index (χ1n) is 7.39. The zero-order chi connectivity index (χ0) is 14.2. The first-order chi connectivity index (χ1) is 9.62. The van der Waals surface area contributed by atoms with E-state index in [0.29, 0.717) is 10.8 Å². The number of nitrogens with zero attached hydrogens (tertiary/aromatic N) is 1. The van der Waals surface area contributed by atoms with Crippen molar-refractivity contribution in [1.82, 2.24) is 5.32 Å². The molecule has 2 saturated heterocycles. The van der Waals surface area contributed by atoms with Crippen LogP contribution < -0.4 is 10.2 Å². The van der Waals surface area contributed by atoms with Crippen LogP contribution >= 0.6 is 0 Å². The molecule has 2 aliphatic heterocycles. The minimum absolute atomic E-state index is 0.158. The average molecular weight is 294 g/mol. The molecule has 20 heavy (non-hydrogen) atoms. The molecule has 0 radical (unpaired) electrons. The second-order valence-electron chi connectivity index (χ2n) is 5.78. The summed E-state index contributed by atoms with van der Waals surface area (Å²) in [5, 5.41) is 3.45. The Labute approximate surface area is 121 Å². The molecule has 5 heteroatoms. The van der Waals surface area contributed by atoms with Crippen molar-refractivity contribution >= 4 is 15.5 Å². The molecule has 2 atom stereocenters. The third-order valence-corrected chi connectivity index (χ3v) is 6.40. The number of anilines is 1. The van der Waals surface area contributed by atoms with E-state index in [4.69, 9.17) is 0 Å². The molecule has 4 nitrogen and oxygen atoms in total. The monoisotopic (exact) mass is 294 g/mol. The number of sulfone groups is 1. The van der Waals surface area contributed by atoms with Crippen LogP contribution in [0.3, 0.4) is 0 Å². The lowest BCUT2D eigenvalue weighted by molar-refractivity contribution is 0.348. The van der Waals surface area contributed by atoms with Crippen molar-refractivity contribution in [2.45, 2.75) is 18.2 Å². The summed E-state index contributed by atoms with van der Waals surface area (Å²) in [6, 6.07) is 7.44. The first-order valence-corrected chi connectivity index (χ1v) is 9.04. The van der Waals surface area contributed by atoms with Crippen LogP contribution in [0, 0.1) is 11.8 Å². The maximum absolute atomic E-state index is 12.3. The van der Waals surface area contributed by atoms with Crippen LogP contribution in [0.15, 0.2) is 29.2 Å². The smallest absolute Gasteiger partial charge is 0.180 e. The van der Waals surface area contributed by atoms with Gasteiger partial charge in [0.05, 0.1) is 16.3 Å². The summed E-state index contributed by atoms with van der Waals surface area (Å²) < 4.78 is 24.5. The molecule has 0 saturated carbocycles. The van der Waals surface area contributed by atoms with Gasteiger partial charge in [0.15, 0.2) is 9.84 Å². The highest BCUT2D eigenvalue weighted by Gasteiger charge is 2.34. The SMILES string of the molecule is CCS(=O)(=O)c1ccccc1N1CCC2CNCC2C1. The second-order valence-corrected chi connectivity index (χ2v) is 8.03. The number of hydrogen-bond acceptors (Lipinski definition) is 4. The third-order valence-electron chi connectivity index (χ3n) is 4.63. The first kappa shape index (κ1) is 13.9. The van der Waals surface area contributed by atoms with Gasteiger partial charge in [0.1, 0.15) is 0 Å². The predicted molar refractivity (Wildman–Crippen MR) is 80.8 cm³/mol. The second kappa shape index (κ2) is 5.37. The van der Waals surface area contributed by atoms with Crippen LogP contribution in [0.4, 0.5) is 5.69 Å². The van der Waals surface area contributed by atoms with Crippen LogP contribution in [0.2, 0.25) is 0 Å². The molecule has 1 N–H and O–H groups in total. The highest BCUT2D eigenvalue weighted by Crippen LogP contribution is 2.33. The van der Waals surface area contributed by atoms with Crippen LogP contribution in [0.25, 0.3) is 0 Å². The van der Waals surface area contributed by atoms with Crippen LogP contribution in [-0.4, -0.2) is 40.3 Å². The number of nitrogens with one attached hydrogen (secondary N) is 1. The van der Waals surface area contributed by atoms with Gasteiger partial charge >= 0.3 is 0 Å². The third kappa shape index (κ3) is 2.44. The van der Waals surface area contributed by atoms with Crippen LogP contribution in [-0.2, 0) is 9.84 Å². The fourth-order valence-corrected chi connectivity index (χ4v) is 4.50. The standard InChI is InChI=1S/C15H22N2O2S/c1-2-20(18,19)15-6-4-3-5-14(15)17-8-7-12-9-16-10-13(12)11-17/h3-6,12-13,16H,2,7-11H2,1H3. The van der Waals surface area contributed by atoms with Crippen molar-refractivity contribution in [2.24, 2.45) is 11.8 Å². The van der Waals surface area contributed by atoms with Gasteiger partial charge in [-0.2, -0.15) is 0 Å². The van der Waals surface area contributed by atoms with E-state index in [1.165, 1.54) is 0 Å².